The molecule has 11 nitrogen and oxygen atoms in total. The van der Waals surface area contributed by atoms with E-state index < -0.39 is 12.0 Å². The number of carboxylic acid groups (broad SMARTS) is 1. The van der Waals surface area contributed by atoms with Crippen molar-refractivity contribution >= 4 is 28.6 Å². The number of pyridine rings is 1. The highest BCUT2D eigenvalue weighted by Crippen LogP contribution is 2.21. The van der Waals surface area contributed by atoms with E-state index in [1.54, 1.807) is 13.3 Å². The number of ether oxygens (including phenoxy) is 1. The maximum atomic E-state index is 11.9. The lowest BCUT2D eigenvalue weighted by atomic mass is 10.1. The van der Waals surface area contributed by atoms with Gasteiger partial charge in [0, 0.05) is 32.4 Å². The van der Waals surface area contributed by atoms with E-state index in [0.717, 1.165) is 63.3 Å². The number of aromatic nitrogens is 5. The van der Waals surface area contributed by atoms with Crippen LogP contribution in [-0.4, -0.2) is 87.1 Å². The van der Waals surface area contributed by atoms with E-state index in [9.17, 15) is 9.90 Å². The van der Waals surface area contributed by atoms with Crippen LogP contribution in [0.2, 0.25) is 0 Å². The third-order valence-corrected chi connectivity index (χ3v) is 6.31. The molecule has 4 heterocycles. The monoisotopic (exact) mass is 482 g/mol. The molecule has 0 saturated heterocycles. The van der Waals surface area contributed by atoms with Gasteiger partial charge in [-0.25, -0.2) is 19.7 Å². The first-order valence-electron chi connectivity index (χ1n) is 12.2. The third kappa shape index (κ3) is 6.86. The number of carboxylic acids is 1. The second-order valence-corrected chi connectivity index (χ2v) is 8.81. The SMILES string of the molecule is COCCN(CCCCc1ccc2c(n1)NCCC2)CC[C@H](Nc1ncnc2[nH]ncc12)C(=O)O. The van der Waals surface area contributed by atoms with E-state index in [1.165, 1.54) is 11.9 Å². The summed E-state index contributed by atoms with van der Waals surface area (Å²) in [7, 11) is 1.68. The van der Waals surface area contributed by atoms with Gasteiger partial charge >= 0.3 is 5.97 Å². The van der Waals surface area contributed by atoms with E-state index in [2.05, 4.69) is 47.8 Å². The molecule has 0 aliphatic carbocycles. The maximum absolute atomic E-state index is 11.9. The fourth-order valence-corrected chi connectivity index (χ4v) is 4.32. The average Bonchev–Trinajstić information content (AvgIpc) is 3.36. The van der Waals surface area contributed by atoms with Crippen molar-refractivity contribution in [2.24, 2.45) is 0 Å². The molecule has 0 amide bonds. The molecule has 3 aromatic heterocycles. The van der Waals surface area contributed by atoms with Gasteiger partial charge in [-0.3, -0.25) is 5.10 Å². The van der Waals surface area contributed by atoms with Gasteiger partial charge in [0.2, 0.25) is 0 Å². The van der Waals surface area contributed by atoms with Crippen molar-refractivity contribution in [3.8, 4) is 0 Å². The van der Waals surface area contributed by atoms with Gasteiger partial charge in [0.25, 0.3) is 0 Å². The molecular weight excluding hydrogens is 448 g/mol. The molecule has 0 radical (unpaired) electrons. The van der Waals surface area contributed by atoms with Crippen LogP contribution >= 0.6 is 0 Å². The lowest BCUT2D eigenvalue weighted by molar-refractivity contribution is -0.138. The van der Waals surface area contributed by atoms with Crippen LogP contribution in [-0.2, 0) is 22.4 Å². The van der Waals surface area contributed by atoms with Crippen molar-refractivity contribution in [3.05, 3.63) is 35.9 Å². The van der Waals surface area contributed by atoms with Crippen molar-refractivity contribution in [2.75, 3.05) is 50.5 Å². The summed E-state index contributed by atoms with van der Waals surface area (Å²) in [5.74, 6) is 0.588. The van der Waals surface area contributed by atoms with E-state index in [-0.39, 0.29) is 0 Å². The standard InChI is InChI=1S/C24H34N8O3/c1-35-14-13-32(11-3-2-6-18-8-7-17-5-4-10-25-21(17)29-18)12-9-20(24(33)34)30-22-19-15-28-31-23(19)27-16-26-22/h7-8,15-16,20H,2-6,9-14H2,1H3,(H,25,29)(H,33,34)(H2,26,27,28,30,31)/t20-/m0/s1. The van der Waals surface area contributed by atoms with Gasteiger partial charge in [0.05, 0.1) is 18.2 Å². The van der Waals surface area contributed by atoms with Gasteiger partial charge in [-0.15, -0.1) is 0 Å². The molecule has 1 aliphatic rings. The molecule has 0 bridgehead atoms. The summed E-state index contributed by atoms with van der Waals surface area (Å²) in [6.07, 6.45) is 8.63. The van der Waals surface area contributed by atoms with E-state index in [1.807, 2.05) is 0 Å². The quantitative estimate of drug-likeness (QED) is 0.253. The summed E-state index contributed by atoms with van der Waals surface area (Å²) in [5.41, 5.74) is 2.99. The Morgan fingerprint density at radius 3 is 3.03 bits per heavy atom. The number of hydrogen-bond acceptors (Lipinski definition) is 9. The molecule has 1 aliphatic heterocycles. The number of anilines is 2. The van der Waals surface area contributed by atoms with Crippen LogP contribution < -0.4 is 10.6 Å². The predicted molar refractivity (Wildman–Crippen MR) is 134 cm³/mol. The van der Waals surface area contributed by atoms with Crippen molar-refractivity contribution in [1.29, 1.82) is 0 Å². The molecule has 3 aromatic rings. The number of aryl methyl sites for hydroxylation is 2. The van der Waals surface area contributed by atoms with Gasteiger partial charge in [0.15, 0.2) is 5.65 Å². The third-order valence-electron chi connectivity index (χ3n) is 6.31. The smallest absolute Gasteiger partial charge is 0.326 e. The molecule has 35 heavy (non-hydrogen) atoms. The topological polar surface area (TPSA) is 141 Å². The van der Waals surface area contributed by atoms with Gasteiger partial charge in [-0.1, -0.05) is 6.07 Å². The predicted octanol–water partition coefficient (Wildman–Crippen LogP) is 2.33. The summed E-state index contributed by atoms with van der Waals surface area (Å²) >= 11 is 0. The number of aliphatic carboxylic acids is 1. The summed E-state index contributed by atoms with van der Waals surface area (Å²) in [6, 6.07) is 3.56. The highest BCUT2D eigenvalue weighted by atomic mass is 16.5. The van der Waals surface area contributed by atoms with Crippen LogP contribution in [0.15, 0.2) is 24.7 Å². The molecule has 0 fully saturated rings. The molecule has 0 spiro atoms. The van der Waals surface area contributed by atoms with E-state index in [0.29, 0.717) is 36.4 Å². The normalized spacial score (nSPS) is 14.0. The molecule has 4 rings (SSSR count). The van der Waals surface area contributed by atoms with Crippen LogP contribution in [0.5, 0.6) is 0 Å². The molecular formula is C24H34N8O3. The second kappa shape index (κ2) is 12.4. The molecule has 1 atom stereocenters. The number of hydrogen-bond donors (Lipinski definition) is 4. The zero-order valence-electron chi connectivity index (χ0n) is 20.2. The number of H-pyrrole nitrogens is 1. The number of unbranched alkanes of at least 4 members (excludes halogenated alkanes) is 1. The van der Waals surface area contributed by atoms with Gasteiger partial charge < -0.3 is 25.4 Å². The lowest BCUT2D eigenvalue weighted by Crippen LogP contribution is -2.37. The highest BCUT2D eigenvalue weighted by molar-refractivity contribution is 5.88. The number of carbonyl (C=O) groups is 1. The fraction of sp³-hybridized carbons (Fsp3) is 0.542. The van der Waals surface area contributed by atoms with E-state index in [4.69, 9.17) is 9.72 Å². The number of aromatic amines is 1. The van der Waals surface area contributed by atoms with Crippen LogP contribution in [0.4, 0.5) is 11.6 Å². The maximum Gasteiger partial charge on any atom is 0.326 e. The van der Waals surface area contributed by atoms with Crippen molar-refractivity contribution in [1.82, 2.24) is 30.0 Å². The summed E-state index contributed by atoms with van der Waals surface area (Å²) < 4.78 is 5.27. The number of fused-ring (bicyclic) bond motifs is 2. The fourth-order valence-electron chi connectivity index (χ4n) is 4.32. The minimum Gasteiger partial charge on any atom is -0.480 e. The van der Waals surface area contributed by atoms with Crippen LogP contribution in [0.3, 0.4) is 0 Å². The summed E-state index contributed by atoms with van der Waals surface area (Å²) in [5, 5.41) is 23.6. The van der Waals surface area contributed by atoms with Crippen LogP contribution in [0, 0.1) is 0 Å². The van der Waals surface area contributed by atoms with Crippen LogP contribution in [0.1, 0.15) is 36.9 Å². The van der Waals surface area contributed by atoms with Crippen LogP contribution in [0.25, 0.3) is 11.0 Å². The number of nitrogens with zero attached hydrogens (tertiary/aromatic N) is 5. The Labute approximate surface area is 204 Å². The first kappa shape index (κ1) is 24.8. The van der Waals surface area contributed by atoms with Crippen molar-refractivity contribution in [3.63, 3.8) is 0 Å². The minimum absolute atomic E-state index is 0.431. The van der Waals surface area contributed by atoms with Crippen molar-refractivity contribution in [2.45, 2.75) is 44.6 Å². The Hall–Kier alpha value is -3.31. The van der Waals surface area contributed by atoms with Gasteiger partial charge in [0.1, 0.15) is 24.0 Å². The summed E-state index contributed by atoms with van der Waals surface area (Å²) in [6.45, 7) is 3.86. The number of rotatable bonds is 14. The number of nitrogens with one attached hydrogen (secondary N) is 3. The Kier molecular flexibility index (Phi) is 8.79. The Morgan fingerprint density at radius 2 is 2.17 bits per heavy atom. The Bertz CT molecular complexity index is 1110. The molecule has 188 valence electrons. The Morgan fingerprint density at radius 1 is 1.26 bits per heavy atom. The minimum atomic E-state index is -0.918. The van der Waals surface area contributed by atoms with E-state index >= 15 is 0 Å². The lowest BCUT2D eigenvalue weighted by Gasteiger charge is -2.24. The number of methoxy groups -OCH3 is 1. The van der Waals surface area contributed by atoms with Crippen molar-refractivity contribution < 1.29 is 14.6 Å². The molecule has 4 N–H and O–H groups in total. The molecule has 0 aromatic carbocycles. The molecule has 0 saturated carbocycles. The largest absolute Gasteiger partial charge is 0.480 e. The van der Waals surface area contributed by atoms with Gasteiger partial charge in [-0.2, -0.15) is 5.10 Å². The van der Waals surface area contributed by atoms with Gasteiger partial charge in [-0.05, 0) is 56.7 Å². The highest BCUT2D eigenvalue weighted by Gasteiger charge is 2.21. The zero-order valence-corrected chi connectivity index (χ0v) is 20.2. The Balaban J connectivity index is 1.27. The zero-order chi connectivity index (χ0) is 24.5. The first-order chi connectivity index (χ1) is 17.1. The molecule has 0 unspecified atom stereocenters. The molecule has 11 heteroatoms. The summed E-state index contributed by atoms with van der Waals surface area (Å²) in [4.78, 5) is 27.3. The average molecular weight is 483 g/mol. The first-order valence-corrected chi connectivity index (χ1v) is 12.2. The second-order valence-electron chi connectivity index (χ2n) is 8.81.